The van der Waals surface area contributed by atoms with Gasteiger partial charge in [-0.3, -0.25) is 9.80 Å². The fraction of sp³-hybridized carbons (Fsp3) is 1.00. The fourth-order valence-corrected chi connectivity index (χ4v) is 3.88. The molecule has 2 rings (SSSR count). The van der Waals surface area contributed by atoms with Crippen molar-refractivity contribution < 1.29 is 0 Å². The van der Waals surface area contributed by atoms with Gasteiger partial charge in [-0.15, -0.1) is 0 Å². The molecule has 0 amide bonds. The van der Waals surface area contributed by atoms with Crippen molar-refractivity contribution >= 4 is 0 Å². The van der Waals surface area contributed by atoms with Crippen molar-refractivity contribution in [1.29, 1.82) is 0 Å². The first-order valence-corrected chi connectivity index (χ1v) is 8.89. The normalized spacial score (nSPS) is 37.0. The summed E-state index contributed by atoms with van der Waals surface area (Å²) in [4.78, 5) is 7.77. The molecule has 1 N–H and O–H groups in total. The number of piperazine rings is 1. The second kappa shape index (κ2) is 7.91. The van der Waals surface area contributed by atoms with Crippen LogP contribution in [0.25, 0.3) is 0 Å². The lowest BCUT2D eigenvalue weighted by Gasteiger charge is -2.47. The van der Waals surface area contributed by atoms with Gasteiger partial charge in [0, 0.05) is 44.3 Å². The lowest BCUT2D eigenvalue weighted by atomic mass is 9.86. The minimum Gasteiger partial charge on any atom is -0.314 e. The average Bonchev–Trinajstić information content (AvgIpc) is 2.47. The van der Waals surface area contributed by atoms with Gasteiger partial charge < -0.3 is 10.2 Å². The van der Waals surface area contributed by atoms with E-state index in [9.17, 15) is 0 Å². The average molecular weight is 297 g/mol. The zero-order chi connectivity index (χ0) is 15.4. The van der Waals surface area contributed by atoms with Crippen LogP contribution in [0.1, 0.15) is 33.6 Å². The summed E-state index contributed by atoms with van der Waals surface area (Å²) in [5, 5.41) is 3.75. The number of hydrogen-bond donors (Lipinski definition) is 1. The Balaban J connectivity index is 1.87. The second-order valence-electron chi connectivity index (χ2n) is 7.34. The van der Waals surface area contributed by atoms with Crippen molar-refractivity contribution in [3.63, 3.8) is 0 Å². The smallest absolute Gasteiger partial charge is 0.0347 e. The Hall–Kier alpha value is -0.160. The molecule has 4 atom stereocenters. The summed E-state index contributed by atoms with van der Waals surface area (Å²) >= 11 is 0. The molecular formula is C17H36N4. The SMILES string of the molecule is CCCNC1CCN(CC2CN(C)CCN2C)C(C)C1C. The van der Waals surface area contributed by atoms with Crippen LogP contribution in [0.4, 0.5) is 0 Å². The fourth-order valence-electron chi connectivity index (χ4n) is 3.88. The molecule has 2 saturated heterocycles. The Morgan fingerprint density at radius 1 is 1.10 bits per heavy atom. The molecule has 4 unspecified atom stereocenters. The first kappa shape index (κ1) is 17.2. The molecule has 0 saturated carbocycles. The predicted molar refractivity (Wildman–Crippen MR) is 90.8 cm³/mol. The lowest BCUT2D eigenvalue weighted by Crippen LogP contribution is -2.59. The number of nitrogens with zero attached hydrogens (tertiary/aromatic N) is 3. The highest BCUT2D eigenvalue weighted by Crippen LogP contribution is 2.24. The van der Waals surface area contributed by atoms with Gasteiger partial charge in [-0.25, -0.2) is 0 Å². The molecule has 2 fully saturated rings. The van der Waals surface area contributed by atoms with Gasteiger partial charge in [0.2, 0.25) is 0 Å². The van der Waals surface area contributed by atoms with E-state index >= 15 is 0 Å². The van der Waals surface area contributed by atoms with E-state index in [-0.39, 0.29) is 0 Å². The summed E-state index contributed by atoms with van der Waals surface area (Å²) < 4.78 is 0. The van der Waals surface area contributed by atoms with Crippen LogP contribution in [0.15, 0.2) is 0 Å². The number of likely N-dealkylation sites (tertiary alicyclic amines) is 1. The first-order valence-electron chi connectivity index (χ1n) is 8.89. The summed E-state index contributed by atoms with van der Waals surface area (Å²) in [5.74, 6) is 0.747. The van der Waals surface area contributed by atoms with Crippen molar-refractivity contribution in [2.75, 3.05) is 53.4 Å². The Bertz CT molecular complexity index is 309. The Morgan fingerprint density at radius 3 is 2.57 bits per heavy atom. The van der Waals surface area contributed by atoms with Crippen LogP contribution in [0.2, 0.25) is 0 Å². The van der Waals surface area contributed by atoms with E-state index in [1.165, 1.54) is 45.6 Å². The molecule has 0 spiro atoms. The minimum absolute atomic E-state index is 0.689. The molecule has 0 radical (unpaired) electrons. The van der Waals surface area contributed by atoms with Crippen molar-refractivity contribution in [2.24, 2.45) is 5.92 Å². The van der Waals surface area contributed by atoms with Crippen LogP contribution < -0.4 is 5.32 Å². The van der Waals surface area contributed by atoms with E-state index in [1.54, 1.807) is 0 Å². The van der Waals surface area contributed by atoms with Crippen LogP contribution in [-0.4, -0.2) is 86.2 Å². The number of nitrogens with one attached hydrogen (secondary N) is 1. The number of likely N-dealkylation sites (N-methyl/N-ethyl adjacent to an activating group) is 2. The molecule has 124 valence electrons. The van der Waals surface area contributed by atoms with Gasteiger partial charge in [-0.1, -0.05) is 13.8 Å². The van der Waals surface area contributed by atoms with E-state index < -0.39 is 0 Å². The van der Waals surface area contributed by atoms with Crippen molar-refractivity contribution in [3.05, 3.63) is 0 Å². The molecule has 4 nitrogen and oxygen atoms in total. The summed E-state index contributed by atoms with van der Waals surface area (Å²) in [7, 11) is 4.55. The first-order chi connectivity index (χ1) is 10.0. The van der Waals surface area contributed by atoms with Crippen molar-refractivity contribution in [2.45, 2.75) is 51.7 Å². The molecule has 2 aliphatic rings. The molecule has 0 aromatic carbocycles. The highest BCUT2D eigenvalue weighted by molar-refractivity contribution is 4.91. The third-order valence-corrected chi connectivity index (χ3v) is 5.78. The number of piperidine rings is 1. The zero-order valence-electron chi connectivity index (χ0n) is 14.8. The van der Waals surface area contributed by atoms with Crippen LogP contribution in [0.5, 0.6) is 0 Å². The predicted octanol–water partition coefficient (Wildman–Crippen LogP) is 1.33. The number of rotatable bonds is 5. The molecule has 0 aliphatic carbocycles. The second-order valence-corrected chi connectivity index (χ2v) is 7.34. The molecule has 2 heterocycles. The third kappa shape index (κ3) is 4.41. The van der Waals surface area contributed by atoms with Gasteiger partial charge in [0.05, 0.1) is 0 Å². The zero-order valence-corrected chi connectivity index (χ0v) is 14.8. The van der Waals surface area contributed by atoms with Gasteiger partial charge >= 0.3 is 0 Å². The quantitative estimate of drug-likeness (QED) is 0.826. The van der Waals surface area contributed by atoms with Gasteiger partial charge in [0.1, 0.15) is 0 Å². The van der Waals surface area contributed by atoms with Crippen LogP contribution >= 0.6 is 0 Å². The topological polar surface area (TPSA) is 21.8 Å². The van der Waals surface area contributed by atoms with Crippen molar-refractivity contribution in [3.8, 4) is 0 Å². The largest absolute Gasteiger partial charge is 0.314 e. The van der Waals surface area contributed by atoms with E-state index in [0.29, 0.717) is 18.1 Å². The maximum absolute atomic E-state index is 3.75. The summed E-state index contributed by atoms with van der Waals surface area (Å²) in [6.45, 7) is 14.4. The summed E-state index contributed by atoms with van der Waals surface area (Å²) in [5.41, 5.74) is 0. The standard InChI is InChI=1S/C17H36N4/c1-6-8-18-17-7-9-21(15(3)14(17)2)13-16-12-19(4)10-11-20(16)5/h14-18H,6-13H2,1-5H3. The van der Waals surface area contributed by atoms with Crippen LogP contribution in [0, 0.1) is 5.92 Å². The van der Waals surface area contributed by atoms with Gasteiger partial charge in [-0.2, -0.15) is 0 Å². The minimum atomic E-state index is 0.689. The molecule has 2 aliphatic heterocycles. The highest BCUT2D eigenvalue weighted by Gasteiger charge is 2.34. The molecule has 4 heteroatoms. The highest BCUT2D eigenvalue weighted by atomic mass is 15.3. The van der Waals surface area contributed by atoms with Gasteiger partial charge in [-0.05, 0) is 52.9 Å². The van der Waals surface area contributed by atoms with Crippen molar-refractivity contribution in [1.82, 2.24) is 20.0 Å². The van der Waals surface area contributed by atoms with Gasteiger partial charge in [0.15, 0.2) is 0 Å². The van der Waals surface area contributed by atoms with E-state index in [0.717, 1.165) is 12.5 Å². The Labute approximate surface area is 131 Å². The van der Waals surface area contributed by atoms with E-state index in [1.807, 2.05) is 0 Å². The van der Waals surface area contributed by atoms with Gasteiger partial charge in [0.25, 0.3) is 0 Å². The summed E-state index contributed by atoms with van der Waals surface area (Å²) in [6.07, 6.45) is 2.54. The molecular weight excluding hydrogens is 260 g/mol. The number of hydrogen-bond acceptors (Lipinski definition) is 4. The lowest BCUT2D eigenvalue weighted by molar-refractivity contribution is 0.0320. The molecule has 0 bridgehead atoms. The van der Waals surface area contributed by atoms with Crippen LogP contribution in [0.3, 0.4) is 0 Å². The molecule has 0 aromatic rings. The molecule has 21 heavy (non-hydrogen) atoms. The maximum Gasteiger partial charge on any atom is 0.0347 e. The van der Waals surface area contributed by atoms with Crippen LogP contribution in [-0.2, 0) is 0 Å². The maximum atomic E-state index is 3.75. The van der Waals surface area contributed by atoms with E-state index in [4.69, 9.17) is 0 Å². The monoisotopic (exact) mass is 296 g/mol. The summed E-state index contributed by atoms with van der Waals surface area (Å²) in [6, 6.07) is 2.09. The van der Waals surface area contributed by atoms with E-state index in [2.05, 4.69) is 54.9 Å². The Kier molecular flexibility index (Phi) is 6.48. The third-order valence-electron chi connectivity index (χ3n) is 5.78. The molecule has 0 aromatic heterocycles. The Morgan fingerprint density at radius 2 is 1.86 bits per heavy atom.